The fourth-order valence-electron chi connectivity index (χ4n) is 2.83. The molecule has 3 atom stereocenters. The van der Waals surface area contributed by atoms with E-state index in [1.54, 1.807) is 0 Å². The fourth-order valence-corrected chi connectivity index (χ4v) is 3.65. The Morgan fingerprint density at radius 3 is 3.00 bits per heavy atom. The lowest BCUT2D eigenvalue weighted by Gasteiger charge is -2.31. The zero-order valence-corrected chi connectivity index (χ0v) is 11.9. The minimum absolute atomic E-state index is 0.207. The Morgan fingerprint density at radius 1 is 1.50 bits per heavy atom. The number of hydrogen-bond donors (Lipinski definition) is 1. The molecule has 0 amide bonds. The van der Waals surface area contributed by atoms with Crippen molar-refractivity contribution in [2.75, 3.05) is 0 Å². The molecule has 2 nitrogen and oxygen atoms in total. The van der Waals surface area contributed by atoms with Crippen LogP contribution in [-0.4, -0.2) is 6.04 Å². The van der Waals surface area contributed by atoms with Crippen molar-refractivity contribution in [1.82, 2.24) is 5.32 Å². The van der Waals surface area contributed by atoms with E-state index in [2.05, 4.69) is 35.8 Å². The van der Waals surface area contributed by atoms with E-state index in [0.717, 1.165) is 19.3 Å². The van der Waals surface area contributed by atoms with Crippen molar-refractivity contribution in [2.24, 2.45) is 5.92 Å². The highest BCUT2D eigenvalue weighted by Gasteiger charge is 2.27. The number of nitrogens with one attached hydrogen (secondary N) is 1. The highest BCUT2D eigenvalue weighted by molar-refractivity contribution is 7.10. The molecule has 1 N–H and O–H groups in total. The summed E-state index contributed by atoms with van der Waals surface area (Å²) >= 11 is 1.82. The Morgan fingerprint density at radius 2 is 2.33 bits per heavy atom. The third-order valence-corrected chi connectivity index (χ3v) is 4.80. The van der Waals surface area contributed by atoms with Gasteiger partial charge in [0.1, 0.15) is 0 Å². The van der Waals surface area contributed by atoms with Gasteiger partial charge in [0, 0.05) is 17.0 Å². The molecule has 1 saturated carbocycles. The molecule has 0 bridgehead atoms. The van der Waals surface area contributed by atoms with Gasteiger partial charge in [-0.1, -0.05) is 32.3 Å². The summed E-state index contributed by atoms with van der Waals surface area (Å²) < 4.78 is 0. The molecular weight excluding hydrogens is 240 g/mol. The molecule has 0 spiro atoms. The molecule has 3 heteroatoms. The van der Waals surface area contributed by atoms with Gasteiger partial charge in [-0.25, -0.2) is 0 Å². The maximum Gasteiger partial charge on any atom is 0.0672 e. The molecule has 1 aromatic heterocycles. The molecule has 3 unspecified atom stereocenters. The van der Waals surface area contributed by atoms with Crippen LogP contribution in [0, 0.1) is 17.2 Å². The molecule has 1 aromatic rings. The van der Waals surface area contributed by atoms with Crippen molar-refractivity contribution in [3.05, 3.63) is 22.4 Å². The molecule has 0 aromatic carbocycles. The van der Waals surface area contributed by atoms with Crippen molar-refractivity contribution < 1.29 is 0 Å². The van der Waals surface area contributed by atoms with Crippen molar-refractivity contribution in [3.63, 3.8) is 0 Å². The summed E-state index contributed by atoms with van der Waals surface area (Å²) in [6, 6.07) is 7.65. The molecule has 1 aliphatic carbocycles. The maximum absolute atomic E-state index is 9.25. The summed E-state index contributed by atoms with van der Waals surface area (Å²) in [5, 5.41) is 15.1. The predicted molar refractivity (Wildman–Crippen MR) is 76.5 cm³/mol. The van der Waals surface area contributed by atoms with Crippen LogP contribution in [0.25, 0.3) is 0 Å². The van der Waals surface area contributed by atoms with Crippen molar-refractivity contribution >= 4 is 11.3 Å². The molecule has 1 heterocycles. The third-order valence-electron chi connectivity index (χ3n) is 3.81. The van der Waals surface area contributed by atoms with Gasteiger partial charge in [0.15, 0.2) is 0 Å². The van der Waals surface area contributed by atoms with Gasteiger partial charge < -0.3 is 5.32 Å². The Balaban J connectivity index is 2.02. The van der Waals surface area contributed by atoms with E-state index in [9.17, 15) is 5.26 Å². The van der Waals surface area contributed by atoms with Crippen molar-refractivity contribution in [1.29, 1.82) is 5.26 Å². The summed E-state index contributed by atoms with van der Waals surface area (Å²) in [6.07, 6.45) is 7.04. The zero-order valence-electron chi connectivity index (χ0n) is 11.1. The van der Waals surface area contributed by atoms with Gasteiger partial charge in [-0.15, -0.1) is 11.3 Å². The smallest absolute Gasteiger partial charge is 0.0672 e. The highest BCUT2D eigenvalue weighted by atomic mass is 32.1. The summed E-state index contributed by atoms with van der Waals surface area (Å²) in [7, 11) is 0. The summed E-state index contributed by atoms with van der Waals surface area (Å²) in [5.41, 5.74) is 0. The second kappa shape index (κ2) is 6.92. The Labute approximate surface area is 114 Å². The molecule has 18 heavy (non-hydrogen) atoms. The van der Waals surface area contributed by atoms with Crippen LogP contribution in [0.1, 0.15) is 56.4 Å². The first-order valence-corrected chi connectivity index (χ1v) is 7.92. The lowest BCUT2D eigenvalue weighted by atomic mass is 9.85. The Bertz CT molecular complexity index is 380. The van der Waals surface area contributed by atoms with E-state index >= 15 is 0 Å². The van der Waals surface area contributed by atoms with Gasteiger partial charge in [-0.2, -0.15) is 5.26 Å². The normalized spacial score (nSPS) is 25.6. The molecule has 0 radical (unpaired) electrons. The lowest BCUT2D eigenvalue weighted by molar-refractivity contribution is 0.282. The largest absolute Gasteiger partial charge is 0.305 e. The highest BCUT2D eigenvalue weighted by Crippen LogP contribution is 2.29. The molecule has 0 saturated heterocycles. The van der Waals surface area contributed by atoms with Crippen LogP contribution in [0.15, 0.2) is 17.5 Å². The standard InChI is InChI=1S/C15H22N2S/c1-2-6-14(15-9-5-10-18-15)17-13-8-4-3-7-12(13)11-16/h5,9-10,12-14,17H,2-4,6-8H2,1H3. The molecule has 1 aliphatic rings. The van der Waals surface area contributed by atoms with Gasteiger partial charge in [0.05, 0.1) is 12.0 Å². The van der Waals surface area contributed by atoms with E-state index in [1.807, 2.05) is 11.3 Å². The van der Waals surface area contributed by atoms with Crippen molar-refractivity contribution in [2.45, 2.75) is 57.5 Å². The Hall–Kier alpha value is -0.850. The lowest BCUT2D eigenvalue weighted by Crippen LogP contribution is -2.40. The van der Waals surface area contributed by atoms with E-state index in [-0.39, 0.29) is 5.92 Å². The number of hydrogen-bond acceptors (Lipinski definition) is 3. The van der Waals surface area contributed by atoms with Gasteiger partial charge in [-0.05, 0) is 30.7 Å². The SMILES string of the molecule is CCCC(NC1CCCCC1C#N)c1cccs1. The van der Waals surface area contributed by atoms with E-state index in [4.69, 9.17) is 0 Å². The quantitative estimate of drug-likeness (QED) is 0.860. The first kappa shape index (κ1) is 13.6. The van der Waals surface area contributed by atoms with Crippen LogP contribution >= 0.6 is 11.3 Å². The van der Waals surface area contributed by atoms with E-state index in [1.165, 1.54) is 24.1 Å². The number of rotatable bonds is 5. The zero-order chi connectivity index (χ0) is 12.8. The molecule has 98 valence electrons. The first-order chi connectivity index (χ1) is 8.85. The minimum Gasteiger partial charge on any atom is -0.305 e. The monoisotopic (exact) mass is 262 g/mol. The number of nitrogens with zero attached hydrogens (tertiary/aromatic N) is 1. The van der Waals surface area contributed by atoms with Crippen LogP contribution in [-0.2, 0) is 0 Å². The Kier molecular flexibility index (Phi) is 5.22. The van der Waals surface area contributed by atoms with Gasteiger partial charge >= 0.3 is 0 Å². The molecular formula is C15H22N2S. The maximum atomic E-state index is 9.25. The molecule has 1 fully saturated rings. The van der Waals surface area contributed by atoms with Crippen LogP contribution < -0.4 is 5.32 Å². The van der Waals surface area contributed by atoms with Crippen LogP contribution in [0.5, 0.6) is 0 Å². The van der Waals surface area contributed by atoms with Crippen LogP contribution in [0.4, 0.5) is 0 Å². The summed E-state index contributed by atoms with van der Waals surface area (Å²) in [5.74, 6) is 0.207. The molecule has 0 aliphatic heterocycles. The predicted octanol–water partition coefficient (Wildman–Crippen LogP) is 4.26. The number of nitriles is 1. The first-order valence-electron chi connectivity index (χ1n) is 7.04. The second-order valence-corrected chi connectivity index (χ2v) is 6.13. The third kappa shape index (κ3) is 3.34. The summed E-state index contributed by atoms with van der Waals surface area (Å²) in [4.78, 5) is 1.42. The van der Waals surface area contributed by atoms with Crippen molar-refractivity contribution in [3.8, 4) is 6.07 Å². The number of thiophene rings is 1. The average molecular weight is 262 g/mol. The average Bonchev–Trinajstić information content (AvgIpc) is 2.92. The van der Waals surface area contributed by atoms with Gasteiger partial charge in [0.25, 0.3) is 0 Å². The second-order valence-electron chi connectivity index (χ2n) is 5.15. The van der Waals surface area contributed by atoms with E-state index in [0.29, 0.717) is 12.1 Å². The van der Waals surface area contributed by atoms with Gasteiger partial charge in [-0.3, -0.25) is 0 Å². The van der Waals surface area contributed by atoms with Crippen LogP contribution in [0.3, 0.4) is 0 Å². The van der Waals surface area contributed by atoms with E-state index < -0.39 is 0 Å². The fraction of sp³-hybridized carbons (Fsp3) is 0.667. The topological polar surface area (TPSA) is 35.8 Å². The van der Waals surface area contributed by atoms with Crippen LogP contribution in [0.2, 0.25) is 0 Å². The molecule has 2 rings (SSSR count). The summed E-state index contributed by atoms with van der Waals surface area (Å²) in [6.45, 7) is 2.23. The van der Waals surface area contributed by atoms with Gasteiger partial charge in [0.2, 0.25) is 0 Å². The minimum atomic E-state index is 0.207.